The lowest BCUT2D eigenvalue weighted by Crippen LogP contribution is -2.39. The second-order valence-corrected chi connectivity index (χ2v) is 6.89. The standard InChI is InChI=1S/C22H28N4O2.HI/c1-23-21(27)18-6-4-5-16(13-18)14-25-22(24-2)26-12-11-19(15-26)17-7-9-20(28-3)10-8-17;/h4-10,13,19H,11-12,14-15H2,1-3H3,(H,23,27)(H,24,25);1H. The molecule has 1 amide bonds. The molecule has 0 saturated carbocycles. The molecule has 1 saturated heterocycles. The number of rotatable bonds is 5. The number of hydrogen-bond acceptors (Lipinski definition) is 3. The highest BCUT2D eigenvalue weighted by Gasteiger charge is 2.26. The number of likely N-dealkylation sites (tertiary alicyclic amines) is 1. The van der Waals surface area contributed by atoms with Gasteiger partial charge in [-0.2, -0.15) is 0 Å². The minimum atomic E-state index is -0.0758. The number of methoxy groups -OCH3 is 1. The summed E-state index contributed by atoms with van der Waals surface area (Å²) in [5.74, 6) is 2.19. The van der Waals surface area contributed by atoms with Crippen molar-refractivity contribution < 1.29 is 9.53 Å². The average molecular weight is 508 g/mol. The number of hydrogen-bond donors (Lipinski definition) is 2. The smallest absolute Gasteiger partial charge is 0.251 e. The van der Waals surface area contributed by atoms with E-state index in [1.807, 2.05) is 43.4 Å². The summed E-state index contributed by atoms with van der Waals surface area (Å²) < 4.78 is 5.25. The molecule has 156 valence electrons. The molecule has 2 aromatic carbocycles. The molecule has 1 aliphatic rings. The summed E-state index contributed by atoms with van der Waals surface area (Å²) in [6.07, 6.45) is 1.10. The molecule has 1 unspecified atom stereocenters. The largest absolute Gasteiger partial charge is 0.497 e. The molecular weight excluding hydrogens is 479 g/mol. The molecule has 0 aromatic heterocycles. The maximum Gasteiger partial charge on any atom is 0.251 e. The molecular formula is C22H29IN4O2. The summed E-state index contributed by atoms with van der Waals surface area (Å²) in [7, 11) is 5.14. The number of aliphatic imine (C=N–C) groups is 1. The van der Waals surface area contributed by atoms with Gasteiger partial charge in [0.25, 0.3) is 5.91 Å². The fraction of sp³-hybridized carbons (Fsp3) is 0.364. The third-order valence-electron chi connectivity index (χ3n) is 5.15. The Balaban J connectivity index is 0.00000300. The van der Waals surface area contributed by atoms with Crippen LogP contribution >= 0.6 is 24.0 Å². The second kappa shape index (κ2) is 11.0. The maximum absolute atomic E-state index is 11.8. The molecule has 6 nitrogen and oxygen atoms in total. The van der Waals surface area contributed by atoms with Gasteiger partial charge in [-0.25, -0.2) is 0 Å². The van der Waals surface area contributed by atoms with Crippen molar-refractivity contribution in [1.29, 1.82) is 0 Å². The number of nitrogens with one attached hydrogen (secondary N) is 2. The monoisotopic (exact) mass is 508 g/mol. The van der Waals surface area contributed by atoms with Crippen LogP contribution in [0.5, 0.6) is 5.75 Å². The average Bonchev–Trinajstić information content (AvgIpc) is 3.24. The molecule has 1 heterocycles. The molecule has 2 aromatic rings. The molecule has 29 heavy (non-hydrogen) atoms. The van der Waals surface area contributed by atoms with Crippen LogP contribution in [0.15, 0.2) is 53.5 Å². The van der Waals surface area contributed by atoms with Gasteiger partial charge in [0.2, 0.25) is 0 Å². The minimum absolute atomic E-state index is 0. The van der Waals surface area contributed by atoms with E-state index in [4.69, 9.17) is 4.74 Å². The van der Waals surface area contributed by atoms with E-state index < -0.39 is 0 Å². The van der Waals surface area contributed by atoms with E-state index in [1.165, 1.54) is 5.56 Å². The first kappa shape index (κ1) is 23.0. The summed E-state index contributed by atoms with van der Waals surface area (Å²) in [5, 5.41) is 6.08. The Morgan fingerprint density at radius 3 is 2.66 bits per heavy atom. The summed E-state index contributed by atoms with van der Waals surface area (Å²) >= 11 is 0. The Morgan fingerprint density at radius 1 is 1.24 bits per heavy atom. The zero-order valence-corrected chi connectivity index (χ0v) is 19.5. The third kappa shape index (κ3) is 5.85. The van der Waals surface area contributed by atoms with Crippen LogP contribution in [-0.2, 0) is 6.54 Å². The van der Waals surface area contributed by atoms with Crippen molar-refractivity contribution in [2.45, 2.75) is 18.9 Å². The first-order chi connectivity index (χ1) is 13.6. The van der Waals surface area contributed by atoms with Crippen LogP contribution in [0.2, 0.25) is 0 Å². The van der Waals surface area contributed by atoms with Crippen LogP contribution in [0, 0.1) is 0 Å². The number of nitrogens with zero attached hydrogens (tertiary/aromatic N) is 2. The van der Waals surface area contributed by atoms with Crippen molar-refractivity contribution in [1.82, 2.24) is 15.5 Å². The highest BCUT2D eigenvalue weighted by molar-refractivity contribution is 14.0. The third-order valence-corrected chi connectivity index (χ3v) is 5.15. The van der Waals surface area contributed by atoms with E-state index >= 15 is 0 Å². The van der Waals surface area contributed by atoms with Crippen LogP contribution in [0.4, 0.5) is 0 Å². The van der Waals surface area contributed by atoms with Crippen molar-refractivity contribution in [3.8, 4) is 5.75 Å². The fourth-order valence-corrected chi connectivity index (χ4v) is 3.58. The second-order valence-electron chi connectivity index (χ2n) is 6.89. The van der Waals surface area contributed by atoms with Crippen LogP contribution < -0.4 is 15.4 Å². The van der Waals surface area contributed by atoms with Gasteiger partial charge in [0, 0.05) is 45.2 Å². The molecule has 0 aliphatic carbocycles. The van der Waals surface area contributed by atoms with Crippen LogP contribution in [0.1, 0.15) is 33.8 Å². The van der Waals surface area contributed by atoms with E-state index in [2.05, 4.69) is 32.7 Å². The zero-order valence-electron chi connectivity index (χ0n) is 17.1. The number of ether oxygens (including phenoxy) is 1. The SMILES string of the molecule is CN=C(NCc1cccc(C(=O)NC)c1)N1CCC(c2ccc(OC)cc2)C1.I. The molecule has 7 heteroatoms. The van der Waals surface area contributed by atoms with E-state index in [1.54, 1.807) is 14.2 Å². The van der Waals surface area contributed by atoms with Gasteiger partial charge in [0.15, 0.2) is 5.96 Å². The Bertz CT molecular complexity index is 839. The molecule has 0 bridgehead atoms. The Morgan fingerprint density at radius 2 is 2.00 bits per heavy atom. The number of benzene rings is 2. The Labute approximate surface area is 189 Å². The first-order valence-corrected chi connectivity index (χ1v) is 9.55. The Kier molecular flexibility index (Phi) is 8.75. The van der Waals surface area contributed by atoms with E-state index in [0.29, 0.717) is 18.0 Å². The lowest BCUT2D eigenvalue weighted by molar-refractivity contribution is 0.0963. The van der Waals surface area contributed by atoms with Crippen molar-refractivity contribution in [3.05, 3.63) is 65.2 Å². The van der Waals surface area contributed by atoms with Crippen molar-refractivity contribution in [3.63, 3.8) is 0 Å². The van der Waals surface area contributed by atoms with Gasteiger partial charge in [-0.1, -0.05) is 24.3 Å². The predicted octanol–water partition coefficient (Wildman–Crippen LogP) is 3.24. The zero-order chi connectivity index (χ0) is 19.9. The number of guanidine groups is 1. The summed E-state index contributed by atoms with van der Waals surface area (Å²) in [4.78, 5) is 18.5. The summed E-state index contributed by atoms with van der Waals surface area (Å²) in [6, 6.07) is 16.0. The molecule has 3 rings (SSSR count). The van der Waals surface area contributed by atoms with Crippen molar-refractivity contribution in [2.75, 3.05) is 34.3 Å². The molecule has 1 fully saturated rings. The van der Waals surface area contributed by atoms with Crippen LogP contribution in [0.3, 0.4) is 0 Å². The van der Waals surface area contributed by atoms with E-state index in [-0.39, 0.29) is 29.9 Å². The minimum Gasteiger partial charge on any atom is -0.497 e. The van der Waals surface area contributed by atoms with Gasteiger partial charge < -0.3 is 20.3 Å². The Hall–Kier alpha value is -2.29. The van der Waals surface area contributed by atoms with Gasteiger partial charge in [0.05, 0.1) is 7.11 Å². The predicted molar refractivity (Wildman–Crippen MR) is 127 cm³/mol. The van der Waals surface area contributed by atoms with Crippen LogP contribution in [-0.4, -0.2) is 51.1 Å². The number of carbonyl (C=O) groups excluding carboxylic acids is 1. The quantitative estimate of drug-likeness (QED) is 0.370. The van der Waals surface area contributed by atoms with Gasteiger partial charge in [-0.05, 0) is 41.8 Å². The number of halogens is 1. The number of carbonyl (C=O) groups is 1. The lowest BCUT2D eigenvalue weighted by Gasteiger charge is -2.22. The van der Waals surface area contributed by atoms with Gasteiger partial charge >= 0.3 is 0 Å². The summed E-state index contributed by atoms with van der Waals surface area (Å²) in [5.41, 5.74) is 3.04. The van der Waals surface area contributed by atoms with Crippen molar-refractivity contribution in [2.24, 2.45) is 4.99 Å². The van der Waals surface area contributed by atoms with Crippen LogP contribution in [0.25, 0.3) is 0 Å². The highest BCUT2D eigenvalue weighted by Crippen LogP contribution is 2.28. The van der Waals surface area contributed by atoms with E-state index in [9.17, 15) is 4.79 Å². The first-order valence-electron chi connectivity index (χ1n) is 9.55. The molecule has 0 spiro atoms. The highest BCUT2D eigenvalue weighted by atomic mass is 127. The van der Waals surface area contributed by atoms with E-state index in [0.717, 1.165) is 36.8 Å². The molecule has 2 N–H and O–H groups in total. The normalized spacial score (nSPS) is 16.2. The fourth-order valence-electron chi connectivity index (χ4n) is 3.58. The topological polar surface area (TPSA) is 66.0 Å². The number of amides is 1. The van der Waals surface area contributed by atoms with Gasteiger partial charge in [0.1, 0.15) is 5.75 Å². The molecule has 1 atom stereocenters. The molecule has 0 radical (unpaired) electrons. The molecule has 1 aliphatic heterocycles. The van der Waals surface area contributed by atoms with Crippen molar-refractivity contribution >= 4 is 35.8 Å². The van der Waals surface area contributed by atoms with Gasteiger partial charge in [-0.15, -0.1) is 24.0 Å². The van der Waals surface area contributed by atoms with Gasteiger partial charge in [-0.3, -0.25) is 9.79 Å². The lowest BCUT2D eigenvalue weighted by atomic mass is 9.98. The maximum atomic E-state index is 11.8. The summed E-state index contributed by atoms with van der Waals surface area (Å²) in [6.45, 7) is 2.53.